The highest BCUT2D eigenvalue weighted by molar-refractivity contribution is 6.08. The summed E-state index contributed by atoms with van der Waals surface area (Å²) in [4.78, 5) is 27.8. The number of aliphatic hydroxyl groups excluding tert-OH is 1. The minimum absolute atomic E-state index is 0.201. The molecule has 1 N–H and O–H groups in total. The molecule has 2 rings (SSSR count). The van der Waals surface area contributed by atoms with Crippen molar-refractivity contribution in [2.75, 3.05) is 25.5 Å². The molecule has 2 amide bonds. The van der Waals surface area contributed by atoms with Crippen LogP contribution in [0.5, 0.6) is 0 Å². The van der Waals surface area contributed by atoms with Crippen molar-refractivity contribution in [3.05, 3.63) is 54.0 Å². The monoisotopic (exact) mass is 316 g/mol. The summed E-state index contributed by atoms with van der Waals surface area (Å²) < 4.78 is 5.12. The molecule has 1 atom stereocenters. The normalized spacial score (nSPS) is 11.8. The van der Waals surface area contributed by atoms with E-state index in [2.05, 4.69) is 0 Å². The lowest BCUT2D eigenvalue weighted by Crippen LogP contribution is -2.35. The molecule has 0 aliphatic rings. The molecule has 2 aromatic rings. The second kappa shape index (κ2) is 7.11. The zero-order chi connectivity index (χ0) is 17.0. The van der Waals surface area contributed by atoms with Crippen LogP contribution < -0.4 is 4.90 Å². The van der Waals surface area contributed by atoms with Crippen LogP contribution in [0.2, 0.25) is 0 Å². The van der Waals surface area contributed by atoms with E-state index in [4.69, 9.17) is 4.42 Å². The van der Waals surface area contributed by atoms with E-state index in [9.17, 15) is 14.7 Å². The van der Waals surface area contributed by atoms with Gasteiger partial charge in [0.1, 0.15) is 0 Å². The minimum atomic E-state index is -0.626. The van der Waals surface area contributed by atoms with Crippen molar-refractivity contribution in [1.29, 1.82) is 0 Å². The van der Waals surface area contributed by atoms with E-state index in [-0.39, 0.29) is 24.1 Å². The van der Waals surface area contributed by atoms with Gasteiger partial charge in [0, 0.05) is 20.6 Å². The van der Waals surface area contributed by atoms with Crippen LogP contribution in [-0.2, 0) is 0 Å². The van der Waals surface area contributed by atoms with Gasteiger partial charge in [-0.1, -0.05) is 12.1 Å². The van der Waals surface area contributed by atoms with Crippen LogP contribution >= 0.6 is 0 Å². The summed E-state index contributed by atoms with van der Waals surface area (Å²) in [7, 11) is 3.20. The maximum atomic E-state index is 12.6. The predicted octanol–water partition coefficient (Wildman–Crippen LogP) is 2.01. The predicted molar refractivity (Wildman–Crippen MR) is 86.5 cm³/mol. The number of carbonyl (C=O) groups excluding carboxylic acids is 2. The second-order valence-electron chi connectivity index (χ2n) is 5.39. The fourth-order valence-electron chi connectivity index (χ4n) is 2.31. The van der Waals surface area contributed by atoms with Crippen LogP contribution in [0.1, 0.15) is 27.8 Å². The number of hydrogen-bond donors (Lipinski definition) is 1. The number of aliphatic hydroxyl groups is 1. The van der Waals surface area contributed by atoms with E-state index in [0.717, 1.165) is 0 Å². The first-order chi connectivity index (χ1) is 10.9. The van der Waals surface area contributed by atoms with Gasteiger partial charge in [-0.05, 0) is 31.2 Å². The van der Waals surface area contributed by atoms with Crippen LogP contribution in [0.4, 0.5) is 5.69 Å². The second-order valence-corrected chi connectivity index (χ2v) is 5.39. The highest BCUT2D eigenvalue weighted by atomic mass is 16.3. The number of rotatable bonds is 5. The maximum Gasteiger partial charge on any atom is 0.293 e. The lowest BCUT2D eigenvalue weighted by Gasteiger charge is -2.23. The number of nitrogens with zero attached hydrogens (tertiary/aromatic N) is 2. The van der Waals surface area contributed by atoms with Crippen LogP contribution in [0.15, 0.2) is 47.1 Å². The quantitative estimate of drug-likeness (QED) is 0.915. The molecule has 1 heterocycles. The van der Waals surface area contributed by atoms with Gasteiger partial charge in [-0.3, -0.25) is 9.59 Å². The number of amides is 2. The SMILES string of the molecule is CC(O)CN(C)C(=O)c1ccccc1N(C)C(=O)c1ccco1. The Morgan fingerprint density at radius 2 is 1.83 bits per heavy atom. The Bertz CT molecular complexity index is 680. The fourth-order valence-corrected chi connectivity index (χ4v) is 2.31. The Kier molecular flexibility index (Phi) is 5.18. The molecule has 1 aromatic carbocycles. The summed E-state index contributed by atoms with van der Waals surface area (Å²) >= 11 is 0. The molecular formula is C17H20N2O4. The Morgan fingerprint density at radius 3 is 2.43 bits per heavy atom. The Balaban J connectivity index is 2.30. The summed E-state index contributed by atoms with van der Waals surface area (Å²) in [5, 5.41) is 9.44. The van der Waals surface area contributed by atoms with E-state index in [1.165, 1.54) is 16.1 Å². The molecule has 0 aliphatic carbocycles. The molecule has 0 saturated carbocycles. The minimum Gasteiger partial charge on any atom is -0.459 e. The topological polar surface area (TPSA) is 74.0 Å². The molecule has 6 heteroatoms. The molecule has 0 radical (unpaired) electrons. The van der Waals surface area contributed by atoms with E-state index >= 15 is 0 Å². The zero-order valence-corrected chi connectivity index (χ0v) is 13.4. The lowest BCUT2D eigenvalue weighted by atomic mass is 10.1. The highest BCUT2D eigenvalue weighted by Crippen LogP contribution is 2.22. The third-order valence-corrected chi connectivity index (χ3v) is 3.42. The first-order valence-electron chi connectivity index (χ1n) is 7.26. The van der Waals surface area contributed by atoms with Gasteiger partial charge in [-0.25, -0.2) is 0 Å². The Labute approximate surface area is 134 Å². The number of hydrogen-bond acceptors (Lipinski definition) is 4. The van der Waals surface area contributed by atoms with Crippen molar-refractivity contribution in [2.24, 2.45) is 0 Å². The van der Waals surface area contributed by atoms with Crippen molar-refractivity contribution in [3.8, 4) is 0 Å². The molecule has 23 heavy (non-hydrogen) atoms. The molecule has 0 aliphatic heterocycles. The van der Waals surface area contributed by atoms with Crippen molar-refractivity contribution >= 4 is 17.5 Å². The molecule has 6 nitrogen and oxygen atoms in total. The summed E-state index contributed by atoms with van der Waals surface area (Å²) in [6, 6.07) is 10.1. The van der Waals surface area contributed by atoms with Gasteiger partial charge < -0.3 is 19.3 Å². The average molecular weight is 316 g/mol. The number of benzene rings is 1. The van der Waals surface area contributed by atoms with Gasteiger partial charge >= 0.3 is 0 Å². The van der Waals surface area contributed by atoms with Crippen LogP contribution in [0.25, 0.3) is 0 Å². The van der Waals surface area contributed by atoms with Gasteiger partial charge in [0.05, 0.1) is 23.6 Å². The first-order valence-corrected chi connectivity index (χ1v) is 7.26. The molecular weight excluding hydrogens is 296 g/mol. The number of likely N-dealkylation sites (N-methyl/N-ethyl adjacent to an activating group) is 1. The maximum absolute atomic E-state index is 12.6. The number of para-hydroxylation sites is 1. The third kappa shape index (κ3) is 3.78. The summed E-state index contributed by atoms with van der Waals surface area (Å²) in [5.41, 5.74) is 0.870. The van der Waals surface area contributed by atoms with Crippen molar-refractivity contribution in [3.63, 3.8) is 0 Å². The van der Waals surface area contributed by atoms with Crippen LogP contribution in [-0.4, -0.2) is 48.6 Å². The third-order valence-electron chi connectivity index (χ3n) is 3.42. The summed E-state index contributed by atoms with van der Waals surface area (Å²) in [6.45, 7) is 1.82. The van der Waals surface area contributed by atoms with E-state index in [1.807, 2.05) is 0 Å². The fraction of sp³-hybridized carbons (Fsp3) is 0.294. The van der Waals surface area contributed by atoms with E-state index < -0.39 is 6.10 Å². The standard InChI is InChI=1S/C17H20N2O4/c1-12(20)11-18(2)16(21)13-7-4-5-8-14(13)19(3)17(22)15-9-6-10-23-15/h4-10,12,20H,11H2,1-3H3. The molecule has 1 unspecified atom stereocenters. The Hall–Kier alpha value is -2.60. The van der Waals surface area contributed by atoms with Crippen molar-refractivity contribution in [2.45, 2.75) is 13.0 Å². The summed E-state index contributed by atoms with van der Waals surface area (Å²) in [5.74, 6) is -0.402. The molecule has 0 bridgehead atoms. The number of furan rings is 1. The molecule has 0 spiro atoms. The van der Waals surface area contributed by atoms with Gasteiger partial charge in [0.15, 0.2) is 5.76 Å². The largest absolute Gasteiger partial charge is 0.459 e. The Morgan fingerprint density at radius 1 is 1.13 bits per heavy atom. The van der Waals surface area contributed by atoms with E-state index in [1.54, 1.807) is 57.4 Å². The van der Waals surface area contributed by atoms with Gasteiger partial charge in [-0.15, -0.1) is 0 Å². The van der Waals surface area contributed by atoms with E-state index in [0.29, 0.717) is 11.3 Å². The van der Waals surface area contributed by atoms with Gasteiger partial charge in [-0.2, -0.15) is 0 Å². The molecule has 1 aromatic heterocycles. The van der Waals surface area contributed by atoms with Gasteiger partial charge in [0.25, 0.3) is 11.8 Å². The number of anilines is 1. The zero-order valence-electron chi connectivity index (χ0n) is 13.4. The van der Waals surface area contributed by atoms with Crippen LogP contribution in [0, 0.1) is 0 Å². The smallest absolute Gasteiger partial charge is 0.293 e. The average Bonchev–Trinajstić information content (AvgIpc) is 3.06. The molecule has 0 saturated heterocycles. The van der Waals surface area contributed by atoms with Gasteiger partial charge in [0.2, 0.25) is 0 Å². The highest BCUT2D eigenvalue weighted by Gasteiger charge is 2.23. The molecule has 0 fully saturated rings. The van der Waals surface area contributed by atoms with Crippen molar-refractivity contribution in [1.82, 2.24) is 4.90 Å². The number of carbonyl (C=O) groups is 2. The first kappa shape index (κ1) is 16.8. The molecule has 122 valence electrons. The van der Waals surface area contributed by atoms with Crippen LogP contribution in [0.3, 0.4) is 0 Å². The van der Waals surface area contributed by atoms with Crippen molar-refractivity contribution < 1.29 is 19.1 Å². The lowest BCUT2D eigenvalue weighted by molar-refractivity contribution is 0.0704. The summed E-state index contributed by atoms with van der Waals surface area (Å²) in [6.07, 6.45) is 0.799.